The summed E-state index contributed by atoms with van der Waals surface area (Å²) in [4.78, 5) is 1.27. The van der Waals surface area contributed by atoms with Crippen molar-refractivity contribution in [2.45, 2.75) is 0 Å². The van der Waals surface area contributed by atoms with Crippen LogP contribution in [0.1, 0.15) is 0 Å². The largest absolute Gasteiger partial charge is 1.00 e. The van der Waals surface area contributed by atoms with E-state index in [1.807, 2.05) is 14.1 Å². The third-order valence-corrected chi connectivity index (χ3v) is 0.802. The van der Waals surface area contributed by atoms with Gasteiger partial charge < -0.3 is 29.7 Å². The van der Waals surface area contributed by atoms with Gasteiger partial charge in [-0.1, -0.05) is 11.6 Å². The van der Waals surface area contributed by atoms with E-state index < -0.39 is 0 Å². The second-order valence-corrected chi connectivity index (χ2v) is 1.61. The maximum absolute atomic E-state index is 5.30. The van der Waals surface area contributed by atoms with Gasteiger partial charge in [0.15, 0.2) is 6.00 Å². The zero-order chi connectivity index (χ0) is 4.28. The van der Waals surface area contributed by atoms with Crippen molar-refractivity contribution in [3.8, 4) is 0 Å². The van der Waals surface area contributed by atoms with Gasteiger partial charge in [0.25, 0.3) is 0 Å². The molecule has 0 amide bonds. The van der Waals surface area contributed by atoms with Crippen LogP contribution in [0.4, 0.5) is 0 Å². The van der Waals surface area contributed by atoms with Gasteiger partial charge in [-0.15, -0.1) is 0 Å². The molecule has 4 heteroatoms. The van der Waals surface area contributed by atoms with Crippen LogP contribution in [0.15, 0.2) is 0 Å². The summed E-state index contributed by atoms with van der Waals surface area (Å²) in [6.07, 6.45) is 0. The van der Waals surface area contributed by atoms with E-state index in [2.05, 4.69) is 0 Å². The molecule has 0 aromatic carbocycles. The van der Waals surface area contributed by atoms with Crippen molar-refractivity contribution in [2.24, 2.45) is 0 Å². The molecule has 0 rings (SSSR count). The van der Waals surface area contributed by atoms with Crippen molar-refractivity contribution in [3.63, 3.8) is 0 Å². The third-order valence-electron chi connectivity index (χ3n) is 0.267. The van der Waals surface area contributed by atoms with E-state index in [9.17, 15) is 0 Å². The minimum atomic E-state index is 0. The Morgan fingerprint density at radius 1 is 1.29 bits per heavy atom. The van der Waals surface area contributed by atoms with Gasteiger partial charge in [0, 0.05) is 0 Å². The SMILES string of the molecule is C[NH+](C)CCl.[Cl-].[Cl-]. The predicted octanol–water partition coefficient (Wildman–Crippen LogP) is -6.66. The monoisotopic (exact) mass is 164 g/mol. The van der Waals surface area contributed by atoms with Crippen molar-refractivity contribution < 1.29 is 29.7 Å². The summed E-state index contributed by atoms with van der Waals surface area (Å²) >= 11 is 5.30. The van der Waals surface area contributed by atoms with E-state index in [-0.39, 0.29) is 24.8 Å². The van der Waals surface area contributed by atoms with Crippen LogP contribution >= 0.6 is 11.6 Å². The van der Waals surface area contributed by atoms with Crippen molar-refractivity contribution in [1.82, 2.24) is 0 Å². The van der Waals surface area contributed by atoms with Crippen LogP contribution in [0.5, 0.6) is 0 Å². The molecule has 0 aromatic rings. The minimum Gasteiger partial charge on any atom is -1.00 e. The summed E-state index contributed by atoms with van der Waals surface area (Å²) in [7, 11) is 4.01. The fourth-order valence-corrected chi connectivity index (χ4v) is 0. The molecule has 0 aromatic heterocycles. The lowest BCUT2D eigenvalue weighted by atomic mass is 11.0. The normalized spacial score (nSPS) is 6.86. The lowest BCUT2D eigenvalue weighted by Gasteiger charge is -1.95. The molecule has 0 heterocycles. The van der Waals surface area contributed by atoms with Gasteiger partial charge in [0.05, 0.1) is 14.1 Å². The summed E-state index contributed by atoms with van der Waals surface area (Å²) in [5, 5.41) is 0. The molecule has 1 nitrogen and oxygen atoms in total. The van der Waals surface area contributed by atoms with Crippen molar-refractivity contribution in [1.29, 1.82) is 0 Å². The lowest BCUT2D eigenvalue weighted by molar-refractivity contribution is -0.845. The Kier molecular flexibility index (Phi) is 22.3. The highest BCUT2D eigenvalue weighted by molar-refractivity contribution is 6.16. The maximum Gasteiger partial charge on any atom is 0.152 e. The molecule has 0 fully saturated rings. The number of nitrogens with one attached hydrogen (secondary N) is 1. The maximum atomic E-state index is 5.30. The van der Waals surface area contributed by atoms with E-state index >= 15 is 0 Å². The van der Waals surface area contributed by atoms with Crippen molar-refractivity contribution in [2.75, 3.05) is 20.1 Å². The van der Waals surface area contributed by atoms with Crippen LogP contribution in [0, 0.1) is 0 Å². The zero-order valence-corrected chi connectivity index (χ0v) is 6.61. The molecule has 0 aliphatic heterocycles. The van der Waals surface area contributed by atoms with E-state index in [1.54, 1.807) is 0 Å². The van der Waals surface area contributed by atoms with E-state index in [1.165, 1.54) is 4.90 Å². The van der Waals surface area contributed by atoms with Crippen LogP contribution in [0.3, 0.4) is 0 Å². The molecular weight excluding hydrogens is 156 g/mol. The first-order chi connectivity index (χ1) is 2.27. The quantitative estimate of drug-likeness (QED) is 0.291. The molecule has 0 aliphatic rings. The molecule has 0 bridgehead atoms. The van der Waals surface area contributed by atoms with E-state index in [0.717, 1.165) is 0 Å². The number of halogens is 3. The third kappa shape index (κ3) is 19.9. The van der Waals surface area contributed by atoms with Gasteiger partial charge in [-0.2, -0.15) is 0 Å². The van der Waals surface area contributed by atoms with Crippen LogP contribution in [-0.4, -0.2) is 20.1 Å². The van der Waals surface area contributed by atoms with Gasteiger partial charge in [0.1, 0.15) is 0 Å². The molecule has 0 saturated carbocycles. The van der Waals surface area contributed by atoms with Gasteiger partial charge in [-0.05, 0) is 0 Å². The van der Waals surface area contributed by atoms with Crippen LogP contribution < -0.4 is 29.7 Å². The molecule has 0 unspecified atom stereocenters. The Bertz CT molecular complexity index is 24.1. The number of alkyl halides is 1. The Morgan fingerprint density at radius 3 is 1.43 bits per heavy atom. The van der Waals surface area contributed by atoms with E-state index in [4.69, 9.17) is 11.6 Å². The van der Waals surface area contributed by atoms with Crippen molar-refractivity contribution >= 4 is 11.6 Å². The van der Waals surface area contributed by atoms with Crippen LogP contribution in [-0.2, 0) is 0 Å². The molecule has 48 valence electrons. The smallest absolute Gasteiger partial charge is 0.152 e. The number of hydrogen-bond donors (Lipinski definition) is 1. The molecule has 0 spiro atoms. The molecule has 0 aliphatic carbocycles. The Labute approximate surface area is 61.8 Å². The Hall–Kier alpha value is 0.830. The lowest BCUT2D eigenvalue weighted by Crippen LogP contribution is -3.04. The first-order valence-corrected chi connectivity index (χ1v) is 2.16. The topological polar surface area (TPSA) is 4.44 Å². The molecule has 7 heavy (non-hydrogen) atoms. The Balaban J connectivity index is -0.0000000800. The minimum absolute atomic E-state index is 0. The molecule has 0 saturated heterocycles. The fourth-order valence-electron chi connectivity index (χ4n) is 0. The number of rotatable bonds is 1. The second kappa shape index (κ2) is 9.95. The highest BCUT2D eigenvalue weighted by atomic mass is 35.5. The summed E-state index contributed by atoms with van der Waals surface area (Å²) in [5.74, 6) is 0. The predicted molar refractivity (Wildman–Crippen MR) is 23.5 cm³/mol. The molecule has 0 radical (unpaired) electrons. The van der Waals surface area contributed by atoms with Gasteiger partial charge in [-0.25, -0.2) is 0 Å². The van der Waals surface area contributed by atoms with Gasteiger partial charge >= 0.3 is 0 Å². The summed E-state index contributed by atoms with van der Waals surface area (Å²) in [6.45, 7) is 0. The number of hydrogen-bond acceptors (Lipinski definition) is 0. The first kappa shape index (κ1) is 15.7. The second-order valence-electron chi connectivity index (χ2n) is 1.34. The molecule has 1 N–H and O–H groups in total. The summed E-state index contributed by atoms with van der Waals surface area (Å²) < 4.78 is 0. The summed E-state index contributed by atoms with van der Waals surface area (Å²) in [5.41, 5.74) is 0. The van der Waals surface area contributed by atoms with Gasteiger partial charge in [-0.3, -0.25) is 0 Å². The first-order valence-electron chi connectivity index (χ1n) is 1.62. The van der Waals surface area contributed by atoms with Crippen LogP contribution in [0.2, 0.25) is 0 Å². The standard InChI is InChI=1S/C3H8ClN.2ClH/c1-5(2)3-4;;/h3H2,1-2H3;2*1H/p-1. The van der Waals surface area contributed by atoms with Crippen molar-refractivity contribution in [3.05, 3.63) is 0 Å². The zero-order valence-electron chi connectivity index (χ0n) is 4.34. The average Bonchev–Trinajstić information content (AvgIpc) is 1.38. The van der Waals surface area contributed by atoms with Crippen LogP contribution in [0.25, 0.3) is 0 Å². The van der Waals surface area contributed by atoms with E-state index in [0.29, 0.717) is 6.00 Å². The highest BCUT2D eigenvalue weighted by Crippen LogP contribution is 1.49. The average molecular weight is 165 g/mol. The number of quaternary nitrogens is 1. The molecular formula is C3H9Cl3N-. The highest BCUT2D eigenvalue weighted by Gasteiger charge is 1.78. The van der Waals surface area contributed by atoms with Gasteiger partial charge in [0.2, 0.25) is 0 Å². The summed E-state index contributed by atoms with van der Waals surface area (Å²) in [6, 6.07) is 0.694. The fraction of sp³-hybridized carbons (Fsp3) is 1.00. The Morgan fingerprint density at radius 2 is 1.43 bits per heavy atom. The molecule has 0 atom stereocenters.